The molecule has 0 aromatic heterocycles. The highest BCUT2D eigenvalue weighted by Crippen LogP contribution is 2.15. The van der Waals surface area contributed by atoms with Crippen LogP contribution in [0, 0.1) is 0 Å². The molecule has 120 valence electrons. The number of rotatable bonds is 4. The van der Waals surface area contributed by atoms with Crippen molar-refractivity contribution in [2.24, 2.45) is 5.10 Å². The Bertz CT molecular complexity index is 875. The zero-order chi connectivity index (χ0) is 16.8. The van der Waals surface area contributed by atoms with Gasteiger partial charge in [0.15, 0.2) is 5.11 Å². The lowest BCUT2D eigenvalue weighted by Gasteiger charge is -2.07. The molecule has 0 spiro atoms. The molecule has 0 heterocycles. The average molecular weight is 335 g/mol. The van der Waals surface area contributed by atoms with E-state index in [-0.39, 0.29) is 0 Å². The van der Waals surface area contributed by atoms with E-state index >= 15 is 0 Å². The quantitative estimate of drug-likeness (QED) is 0.427. The lowest BCUT2D eigenvalue weighted by atomic mass is 10.1. The van der Waals surface area contributed by atoms with Gasteiger partial charge in [0.1, 0.15) is 5.75 Å². The first-order valence-corrected chi connectivity index (χ1v) is 7.88. The largest absolute Gasteiger partial charge is 0.497 e. The van der Waals surface area contributed by atoms with Gasteiger partial charge in [0, 0.05) is 5.69 Å². The van der Waals surface area contributed by atoms with E-state index in [1.165, 1.54) is 10.8 Å². The van der Waals surface area contributed by atoms with Crippen molar-refractivity contribution in [3.05, 3.63) is 72.3 Å². The Balaban J connectivity index is 1.58. The molecule has 5 heteroatoms. The SMILES string of the molecule is COc1ccc(NC(=S)N/N=C\c2ccc3ccccc3c2)cc1. The van der Waals surface area contributed by atoms with Gasteiger partial charge in [-0.1, -0.05) is 36.4 Å². The Morgan fingerprint density at radius 2 is 1.75 bits per heavy atom. The highest BCUT2D eigenvalue weighted by molar-refractivity contribution is 7.80. The summed E-state index contributed by atoms with van der Waals surface area (Å²) in [7, 11) is 1.64. The number of nitrogens with zero attached hydrogens (tertiary/aromatic N) is 1. The van der Waals surface area contributed by atoms with Crippen LogP contribution in [0.15, 0.2) is 71.8 Å². The minimum atomic E-state index is 0.428. The number of anilines is 1. The number of hydrogen-bond donors (Lipinski definition) is 2. The van der Waals surface area contributed by atoms with E-state index < -0.39 is 0 Å². The van der Waals surface area contributed by atoms with Crippen LogP contribution in [0.1, 0.15) is 5.56 Å². The monoisotopic (exact) mass is 335 g/mol. The molecule has 24 heavy (non-hydrogen) atoms. The van der Waals surface area contributed by atoms with Crippen molar-refractivity contribution in [1.29, 1.82) is 0 Å². The third kappa shape index (κ3) is 4.08. The van der Waals surface area contributed by atoms with Crippen LogP contribution in [-0.2, 0) is 0 Å². The predicted octanol–water partition coefficient (Wildman–Crippen LogP) is 4.17. The normalized spacial score (nSPS) is 10.7. The average Bonchev–Trinajstić information content (AvgIpc) is 2.62. The fraction of sp³-hybridized carbons (Fsp3) is 0.0526. The molecule has 0 amide bonds. The summed E-state index contributed by atoms with van der Waals surface area (Å²) in [4.78, 5) is 0. The van der Waals surface area contributed by atoms with Crippen LogP contribution >= 0.6 is 12.2 Å². The van der Waals surface area contributed by atoms with E-state index in [0.717, 1.165) is 17.0 Å². The zero-order valence-corrected chi connectivity index (χ0v) is 14.0. The van der Waals surface area contributed by atoms with Crippen molar-refractivity contribution in [3.63, 3.8) is 0 Å². The van der Waals surface area contributed by atoms with Gasteiger partial charge in [0.2, 0.25) is 0 Å². The predicted molar refractivity (Wildman–Crippen MR) is 104 cm³/mol. The fourth-order valence-electron chi connectivity index (χ4n) is 2.29. The van der Waals surface area contributed by atoms with Crippen LogP contribution < -0.4 is 15.5 Å². The van der Waals surface area contributed by atoms with E-state index in [9.17, 15) is 0 Å². The molecule has 4 nitrogen and oxygen atoms in total. The Labute approximate surface area is 146 Å². The molecule has 0 atom stereocenters. The van der Waals surface area contributed by atoms with E-state index in [0.29, 0.717) is 5.11 Å². The Kier molecular flexibility index (Phi) is 5.03. The lowest BCUT2D eigenvalue weighted by Crippen LogP contribution is -2.23. The molecule has 0 saturated heterocycles. The molecular formula is C19H17N3OS. The molecule has 0 radical (unpaired) electrons. The Hall–Kier alpha value is -2.92. The molecule has 0 bridgehead atoms. The van der Waals surface area contributed by atoms with Gasteiger partial charge >= 0.3 is 0 Å². The Morgan fingerprint density at radius 1 is 1.00 bits per heavy atom. The summed E-state index contributed by atoms with van der Waals surface area (Å²) < 4.78 is 5.12. The maximum Gasteiger partial charge on any atom is 0.191 e. The third-order valence-electron chi connectivity index (χ3n) is 3.50. The highest BCUT2D eigenvalue weighted by atomic mass is 32.1. The maximum absolute atomic E-state index is 5.22. The molecule has 0 unspecified atom stereocenters. The van der Waals surface area contributed by atoms with Gasteiger partial charge in [0.25, 0.3) is 0 Å². The molecule has 0 fully saturated rings. The number of ether oxygens (including phenoxy) is 1. The molecule has 0 aliphatic rings. The number of methoxy groups -OCH3 is 1. The number of benzene rings is 3. The first-order valence-electron chi connectivity index (χ1n) is 7.47. The second kappa shape index (κ2) is 7.57. The van der Waals surface area contributed by atoms with E-state index in [1.807, 2.05) is 42.5 Å². The lowest BCUT2D eigenvalue weighted by molar-refractivity contribution is 0.415. The molecule has 0 aliphatic carbocycles. The number of hydrogen-bond acceptors (Lipinski definition) is 3. The van der Waals surface area contributed by atoms with Crippen LogP contribution in [0.2, 0.25) is 0 Å². The number of nitrogens with one attached hydrogen (secondary N) is 2. The van der Waals surface area contributed by atoms with Crippen LogP contribution in [0.3, 0.4) is 0 Å². The van der Waals surface area contributed by atoms with Crippen molar-refractivity contribution < 1.29 is 4.74 Å². The van der Waals surface area contributed by atoms with Crippen molar-refractivity contribution in [3.8, 4) is 5.75 Å². The summed E-state index contributed by atoms with van der Waals surface area (Å²) in [6, 6.07) is 21.9. The standard InChI is InChI=1S/C19H17N3OS/c1-23-18-10-8-17(9-11-18)21-19(24)22-20-13-14-6-7-15-4-2-3-5-16(15)12-14/h2-13H,1H3,(H2,21,22,24)/b20-13-. The first kappa shape index (κ1) is 16.0. The molecule has 3 aromatic rings. The van der Waals surface area contributed by atoms with Gasteiger partial charge in [-0.05, 0) is 58.9 Å². The summed E-state index contributed by atoms with van der Waals surface area (Å²) in [5.41, 5.74) is 4.69. The van der Waals surface area contributed by atoms with Crippen LogP contribution in [-0.4, -0.2) is 18.4 Å². The Morgan fingerprint density at radius 3 is 2.50 bits per heavy atom. The summed E-state index contributed by atoms with van der Waals surface area (Å²) in [5.74, 6) is 0.800. The van der Waals surface area contributed by atoms with Crippen LogP contribution in [0.25, 0.3) is 10.8 Å². The summed E-state index contributed by atoms with van der Waals surface area (Å²) in [6.45, 7) is 0. The van der Waals surface area contributed by atoms with Gasteiger partial charge in [0.05, 0.1) is 13.3 Å². The van der Waals surface area contributed by atoms with Gasteiger partial charge in [-0.2, -0.15) is 5.10 Å². The minimum Gasteiger partial charge on any atom is -0.497 e. The number of hydrazone groups is 1. The van der Waals surface area contributed by atoms with E-state index in [2.05, 4.69) is 40.1 Å². The zero-order valence-electron chi connectivity index (χ0n) is 13.2. The van der Waals surface area contributed by atoms with Gasteiger partial charge in [-0.15, -0.1) is 0 Å². The highest BCUT2D eigenvalue weighted by Gasteiger charge is 1.97. The minimum absolute atomic E-state index is 0.428. The van der Waals surface area contributed by atoms with Gasteiger partial charge in [-0.25, -0.2) is 0 Å². The van der Waals surface area contributed by atoms with Crippen molar-refractivity contribution in [2.45, 2.75) is 0 Å². The van der Waals surface area contributed by atoms with Crippen molar-refractivity contribution in [1.82, 2.24) is 5.43 Å². The smallest absolute Gasteiger partial charge is 0.191 e. The summed E-state index contributed by atoms with van der Waals surface area (Å²) >= 11 is 5.22. The molecule has 3 aromatic carbocycles. The third-order valence-corrected chi connectivity index (χ3v) is 3.69. The van der Waals surface area contributed by atoms with Gasteiger partial charge < -0.3 is 10.1 Å². The second-order valence-corrected chi connectivity index (χ2v) is 5.57. The summed E-state index contributed by atoms with van der Waals surface area (Å²) in [5, 5.41) is 10.1. The number of fused-ring (bicyclic) bond motifs is 1. The number of thiocarbonyl (C=S) groups is 1. The molecule has 2 N–H and O–H groups in total. The van der Waals surface area contributed by atoms with E-state index in [4.69, 9.17) is 17.0 Å². The van der Waals surface area contributed by atoms with Crippen LogP contribution in [0.5, 0.6) is 5.75 Å². The first-order chi connectivity index (χ1) is 11.7. The fourth-order valence-corrected chi connectivity index (χ4v) is 2.46. The second-order valence-electron chi connectivity index (χ2n) is 5.16. The summed E-state index contributed by atoms with van der Waals surface area (Å²) in [6.07, 6.45) is 1.74. The van der Waals surface area contributed by atoms with Gasteiger partial charge in [-0.3, -0.25) is 5.43 Å². The topological polar surface area (TPSA) is 45.6 Å². The molecule has 0 saturated carbocycles. The molecular weight excluding hydrogens is 318 g/mol. The van der Waals surface area contributed by atoms with Crippen molar-refractivity contribution in [2.75, 3.05) is 12.4 Å². The molecule has 0 aliphatic heterocycles. The molecule has 3 rings (SSSR count). The van der Waals surface area contributed by atoms with E-state index in [1.54, 1.807) is 13.3 Å². The maximum atomic E-state index is 5.22. The van der Waals surface area contributed by atoms with Crippen molar-refractivity contribution >= 4 is 40.0 Å². The van der Waals surface area contributed by atoms with Crippen LogP contribution in [0.4, 0.5) is 5.69 Å².